The zero-order valence-electron chi connectivity index (χ0n) is 18.3. The van der Waals surface area contributed by atoms with Crippen LogP contribution in [0.3, 0.4) is 0 Å². The molecule has 2 rings (SSSR count). The number of esters is 2. The van der Waals surface area contributed by atoms with Crippen molar-refractivity contribution in [2.75, 3.05) is 24.3 Å². The van der Waals surface area contributed by atoms with Crippen molar-refractivity contribution < 1.29 is 19.1 Å². The number of hydrogen-bond donors (Lipinski definition) is 4. The summed E-state index contributed by atoms with van der Waals surface area (Å²) in [6, 6.07) is 0. The number of aromatic nitrogens is 4. The lowest BCUT2D eigenvalue weighted by molar-refractivity contribution is -0.146. The fourth-order valence-corrected chi connectivity index (χ4v) is 2.58. The van der Waals surface area contributed by atoms with Crippen molar-refractivity contribution in [3.8, 4) is 11.4 Å². The average molecular weight is 418 g/mol. The van der Waals surface area contributed by atoms with E-state index in [0.29, 0.717) is 28.8 Å². The minimum atomic E-state index is -0.784. The molecular formula is C20H30N6O4. The first-order chi connectivity index (χ1) is 14.2. The molecule has 10 nitrogen and oxygen atoms in total. The van der Waals surface area contributed by atoms with Crippen LogP contribution in [0.4, 0.5) is 11.6 Å². The van der Waals surface area contributed by atoms with Crippen LogP contribution in [0.1, 0.15) is 65.0 Å². The number of nitrogens with two attached hydrogens (primary N) is 1. The molecule has 0 aliphatic heterocycles. The molecule has 10 heteroatoms. The molecule has 2 aromatic heterocycles. The van der Waals surface area contributed by atoms with Gasteiger partial charge in [-0.2, -0.15) is 0 Å². The molecule has 0 aliphatic carbocycles. The highest BCUT2D eigenvalue weighted by Gasteiger charge is 2.23. The molecule has 0 atom stereocenters. The van der Waals surface area contributed by atoms with Gasteiger partial charge in [0, 0.05) is 18.0 Å². The second-order valence-corrected chi connectivity index (χ2v) is 7.18. The Morgan fingerprint density at radius 3 is 1.93 bits per heavy atom. The summed E-state index contributed by atoms with van der Waals surface area (Å²) in [5, 5.41) is 2.92. The lowest BCUT2D eigenvalue weighted by Gasteiger charge is -2.07. The van der Waals surface area contributed by atoms with Crippen molar-refractivity contribution in [1.82, 2.24) is 19.9 Å². The van der Waals surface area contributed by atoms with Crippen LogP contribution in [-0.2, 0) is 19.1 Å². The lowest BCUT2D eigenvalue weighted by Crippen LogP contribution is -2.19. The van der Waals surface area contributed by atoms with Crippen molar-refractivity contribution in [1.29, 1.82) is 0 Å². The highest BCUT2D eigenvalue weighted by atomic mass is 16.6. The van der Waals surface area contributed by atoms with E-state index in [4.69, 9.17) is 15.2 Å². The molecule has 164 valence electrons. The lowest BCUT2D eigenvalue weighted by atomic mass is 10.2. The van der Waals surface area contributed by atoms with Crippen LogP contribution in [-0.4, -0.2) is 45.1 Å². The molecule has 2 heterocycles. The molecule has 5 N–H and O–H groups in total. The number of rotatable bonds is 9. The number of aromatic amines is 2. The number of anilines is 2. The Hall–Kier alpha value is -3.30. The van der Waals surface area contributed by atoms with Crippen LogP contribution in [0.2, 0.25) is 0 Å². The third-order valence-electron chi connectivity index (χ3n) is 4.16. The third kappa shape index (κ3) is 5.19. The van der Waals surface area contributed by atoms with Crippen LogP contribution in [0.25, 0.3) is 11.4 Å². The van der Waals surface area contributed by atoms with Gasteiger partial charge >= 0.3 is 11.9 Å². The summed E-state index contributed by atoms with van der Waals surface area (Å²) >= 11 is 0. The zero-order chi connectivity index (χ0) is 22.4. The van der Waals surface area contributed by atoms with Gasteiger partial charge in [0.05, 0.1) is 13.2 Å². The van der Waals surface area contributed by atoms with E-state index >= 15 is 0 Å². The maximum Gasteiger partial charge on any atom is 0.347 e. The fraction of sp³-hybridized carbons (Fsp3) is 0.500. The van der Waals surface area contributed by atoms with Crippen LogP contribution in [0.5, 0.6) is 0 Å². The van der Waals surface area contributed by atoms with Crippen molar-refractivity contribution in [2.45, 2.75) is 53.4 Å². The number of hydrogen-bond acceptors (Lipinski definition) is 8. The van der Waals surface area contributed by atoms with Crippen LogP contribution < -0.4 is 11.1 Å². The van der Waals surface area contributed by atoms with Gasteiger partial charge in [-0.1, -0.05) is 27.7 Å². The zero-order valence-corrected chi connectivity index (χ0v) is 18.3. The topological polar surface area (TPSA) is 148 Å². The Kier molecular flexibility index (Phi) is 7.62. The molecule has 0 aromatic carbocycles. The Labute approximate surface area is 175 Å². The van der Waals surface area contributed by atoms with E-state index in [2.05, 4.69) is 25.3 Å². The summed E-state index contributed by atoms with van der Waals surface area (Å²) in [5.41, 5.74) is 6.99. The Bertz CT molecular complexity index is 906. The number of nitrogens with zero attached hydrogens (tertiary/aromatic N) is 2. The van der Waals surface area contributed by atoms with E-state index in [9.17, 15) is 9.59 Å². The largest absolute Gasteiger partial charge is 0.462 e. The molecule has 0 unspecified atom stereocenters. The number of ether oxygens (including phenoxy) is 2. The van der Waals surface area contributed by atoms with Crippen molar-refractivity contribution in [3.63, 3.8) is 0 Å². The molecule has 2 aromatic rings. The van der Waals surface area contributed by atoms with Gasteiger partial charge in [-0.15, -0.1) is 0 Å². The normalized spacial score (nSPS) is 10.9. The summed E-state index contributed by atoms with van der Waals surface area (Å²) in [7, 11) is 0. The van der Waals surface area contributed by atoms with E-state index in [0.717, 1.165) is 5.82 Å². The van der Waals surface area contributed by atoms with Crippen LogP contribution >= 0.6 is 0 Å². The molecule has 0 aliphatic rings. The van der Waals surface area contributed by atoms with Gasteiger partial charge in [-0.05, 0) is 13.8 Å². The summed E-state index contributed by atoms with van der Waals surface area (Å²) < 4.78 is 9.91. The first-order valence-electron chi connectivity index (χ1n) is 9.96. The second-order valence-electron chi connectivity index (χ2n) is 7.18. The number of carbonyl (C=O) groups is 2. The van der Waals surface area contributed by atoms with E-state index in [-0.39, 0.29) is 30.6 Å². The van der Waals surface area contributed by atoms with Crippen LogP contribution in [0, 0.1) is 0 Å². The summed E-state index contributed by atoms with van der Waals surface area (Å²) in [6.07, 6.45) is 1.23. The molecule has 0 fully saturated rings. The summed E-state index contributed by atoms with van der Waals surface area (Å²) in [6.45, 7) is 11.5. The quantitative estimate of drug-likeness (QED) is 0.210. The molecule has 0 saturated carbocycles. The minimum Gasteiger partial charge on any atom is -0.462 e. The monoisotopic (exact) mass is 418 g/mol. The van der Waals surface area contributed by atoms with Gasteiger partial charge in [0.1, 0.15) is 23.0 Å². The summed E-state index contributed by atoms with van der Waals surface area (Å²) in [5.74, 6) is 0.838. The van der Waals surface area contributed by atoms with Gasteiger partial charge < -0.3 is 30.5 Å². The highest BCUT2D eigenvalue weighted by molar-refractivity contribution is 6.14. The SMILES string of the molecule is CCOC(=O)C(=CNc1nc(C(C)C)[nH]c1-c1[nH]c(C(C)C)nc1N)C(=O)OCC. The van der Waals surface area contributed by atoms with Gasteiger partial charge in [0.2, 0.25) is 0 Å². The standard InChI is InChI=1S/C20H30N6O4/c1-7-29-19(27)12(20(28)30-8-2)9-22-18-14(24-17(26-18)11(5)6)13-15(21)25-16(23-13)10(3)4/h9-11,22H,7-8,21H2,1-6H3,(H,23,25)(H,24,26). The second kappa shape index (κ2) is 9.95. The first kappa shape index (κ1) is 23.0. The van der Waals surface area contributed by atoms with E-state index in [1.54, 1.807) is 13.8 Å². The Morgan fingerprint density at radius 1 is 0.967 bits per heavy atom. The van der Waals surface area contributed by atoms with E-state index in [1.165, 1.54) is 6.20 Å². The summed E-state index contributed by atoms with van der Waals surface area (Å²) in [4.78, 5) is 39.7. The maximum absolute atomic E-state index is 12.2. The van der Waals surface area contributed by atoms with Gasteiger partial charge in [-0.25, -0.2) is 19.6 Å². The number of nitrogens with one attached hydrogen (secondary N) is 3. The third-order valence-corrected chi connectivity index (χ3v) is 4.16. The van der Waals surface area contributed by atoms with E-state index in [1.807, 2.05) is 27.7 Å². The molecule has 0 radical (unpaired) electrons. The number of H-pyrrole nitrogens is 2. The Balaban J connectivity index is 2.48. The van der Waals surface area contributed by atoms with Crippen molar-refractivity contribution >= 4 is 23.6 Å². The fourth-order valence-electron chi connectivity index (χ4n) is 2.58. The average Bonchev–Trinajstić information content (AvgIpc) is 3.26. The van der Waals surface area contributed by atoms with Gasteiger partial charge in [0.25, 0.3) is 0 Å². The smallest absolute Gasteiger partial charge is 0.347 e. The number of carbonyl (C=O) groups excluding carboxylic acids is 2. The molecule has 0 saturated heterocycles. The first-order valence-corrected chi connectivity index (χ1v) is 9.96. The maximum atomic E-state index is 12.2. The highest BCUT2D eigenvalue weighted by Crippen LogP contribution is 2.32. The minimum absolute atomic E-state index is 0.103. The van der Waals surface area contributed by atoms with Gasteiger partial charge in [-0.3, -0.25) is 0 Å². The van der Waals surface area contributed by atoms with Crippen molar-refractivity contribution in [3.05, 3.63) is 23.4 Å². The molecule has 30 heavy (non-hydrogen) atoms. The molecule has 0 spiro atoms. The number of imidazole rings is 2. The molecule has 0 bridgehead atoms. The predicted molar refractivity (Wildman–Crippen MR) is 114 cm³/mol. The van der Waals surface area contributed by atoms with Crippen molar-refractivity contribution in [2.24, 2.45) is 0 Å². The molecular weight excluding hydrogens is 388 g/mol. The van der Waals surface area contributed by atoms with Crippen LogP contribution in [0.15, 0.2) is 11.8 Å². The molecule has 0 amide bonds. The predicted octanol–water partition coefficient (Wildman–Crippen LogP) is 3.05. The Morgan fingerprint density at radius 2 is 1.47 bits per heavy atom. The van der Waals surface area contributed by atoms with Gasteiger partial charge in [0.15, 0.2) is 17.2 Å². The van der Waals surface area contributed by atoms with E-state index < -0.39 is 11.9 Å². The number of nitrogen functional groups attached to an aromatic ring is 1.